The van der Waals surface area contributed by atoms with Crippen LogP contribution >= 0.6 is 0 Å². The van der Waals surface area contributed by atoms with Crippen molar-refractivity contribution < 1.29 is 5.11 Å². The smallest absolute Gasteiger partial charge is 0.0540 e. The molecule has 1 fully saturated rings. The van der Waals surface area contributed by atoms with Crippen molar-refractivity contribution >= 4 is 18.9 Å². The summed E-state index contributed by atoms with van der Waals surface area (Å²) in [5, 5.41) is 8.91. The van der Waals surface area contributed by atoms with Gasteiger partial charge in [-0.1, -0.05) is 19.3 Å². The number of rotatable bonds is 0. The Labute approximate surface area is 62.6 Å². The molecular formula is C6H12LiO. The summed E-state index contributed by atoms with van der Waals surface area (Å²) in [7, 11) is 0. The Bertz CT molecular complexity index is 50.5. The summed E-state index contributed by atoms with van der Waals surface area (Å²) >= 11 is 0. The second-order valence-electron chi connectivity index (χ2n) is 2.29. The van der Waals surface area contributed by atoms with Crippen LogP contribution in [0.4, 0.5) is 0 Å². The van der Waals surface area contributed by atoms with Crippen molar-refractivity contribution in [3.05, 3.63) is 0 Å². The fourth-order valence-corrected chi connectivity index (χ4v) is 1.08. The van der Waals surface area contributed by atoms with Gasteiger partial charge in [-0.05, 0) is 12.8 Å². The van der Waals surface area contributed by atoms with E-state index in [0.29, 0.717) is 0 Å². The Morgan fingerprint density at radius 1 is 1.00 bits per heavy atom. The van der Waals surface area contributed by atoms with E-state index in [0.717, 1.165) is 12.8 Å². The fourth-order valence-electron chi connectivity index (χ4n) is 1.08. The van der Waals surface area contributed by atoms with Gasteiger partial charge in [-0.15, -0.1) is 0 Å². The summed E-state index contributed by atoms with van der Waals surface area (Å²) in [4.78, 5) is 0. The molecule has 0 spiro atoms. The predicted octanol–water partition coefficient (Wildman–Crippen LogP) is 0.931. The van der Waals surface area contributed by atoms with Crippen molar-refractivity contribution in [3.8, 4) is 0 Å². The third-order valence-electron chi connectivity index (χ3n) is 1.57. The maximum absolute atomic E-state index is 8.91. The van der Waals surface area contributed by atoms with E-state index in [2.05, 4.69) is 0 Å². The normalized spacial score (nSPS) is 22.1. The molecule has 0 saturated heterocycles. The Morgan fingerprint density at radius 2 is 1.50 bits per heavy atom. The van der Waals surface area contributed by atoms with E-state index in [1.54, 1.807) is 0 Å². The summed E-state index contributed by atoms with van der Waals surface area (Å²) < 4.78 is 0. The van der Waals surface area contributed by atoms with E-state index >= 15 is 0 Å². The first-order chi connectivity index (χ1) is 3.39. The summed E-state index contributed by atoms with van der Waals surface area (Å²) in [5.74, 6) is 0. The van der Waals surface area contributed by atoms with Gasteiger partial charge in [0.2, 0.25) is 0 Å². The van der Waals surface area contributed by atoms with Crippen molar-refractivity contribution in [1.29, 1.82) is 0 Å². The molecular weight excluding hydrogens is 95.0 g/mol. The zero-order valence-corrected chi connectivity index (χ0v) is 5.56. The van der Waals surface area contributed by atoms with Crippen LogP contribution in [-0.2, 0) is 0 Å². The Balaban J connectivity index is 0.000000490. The Hall–Kier alpha value is 0.557. The number of aliphatic hydroxyl groups is 1. The molecule has 0 aromatic heterocycles. The molecule has 8 heavy (non-hydrogen) atoms. The number of hydrogen-bond donors (Lipinski definition) is 1. The summed E-state index contributed by atoms with van der Waals surface area (Å²) in [5.41, 5.74) is 0. The minimum absolute atomic E-state index is 0. The SMILES string of the molecule is OC1CCCCC1.[Li]. The van der Waals surface area contributed by atoms with Gasteiger partial charge in [0.1, 0.15) is 0 Å². The molecule has 0 amide bonds. The zero-order valence-electron chi connectivity index (χ0n) is 5.56. The zero-order chi connectivity index (χ0) is 5.11. The molecule has 1 radical (unpaired) electrons. The second kappa shape index (κ2) is 4.44. The topological polar surface area (TPSA) is 20.2 Å². The summed E-state index contributed by atoms with van der Waals surface area (Å²) in [6, 6.07) is 0. The van der Waals surface area contributed by atoms with Crippen LogP contribution in [0.2, 0.25) is 0 Å². The van der Waals surface area contributed by atoms with E-state index < -0.39 is 0 Å². The molecule has 1 N–H and O–H groups in total. The molecule has 1 saturated carbocycles. The molecule has 1 nitrogen and oxygen atoms in total. The van der Waals surface area contributed by atoms with E-state index in [-0.39, 0.29) is 25.0 Å². The maximum atomic E-state index is 8.91. The van der Waals surface area contributed by atoms with E-state index in [1.165, 1.54) is 19.3 Å². The van der Waals surface area contributed by atoms with Crippen molar-refractivity contribution in [2.75, 3.05) is 0 Å². The number of hydrogen-bond acceptors (Lipinski definition) is 1. The molecule has 0 aromatic carbocycles. The summed E-state index contributed by atoms with van der Waals surface area (Å²) in [6.07, 6.45) is 5.92. The van der Waals surface area contributed by atoms with E-state index in [9.17, 15) is 0 Å². The molecule has 0 atom stereocenters. The van der Waals surface area contributed by atoms with Gasteiger partial charge in [0.25, 0.3) is 0 Å². The van der Waals surface area contributed by atoms with Gasteiger partial charge in [0, 0.05) is 18.9 Å². The van der Waals surface area contributed by atoms with Gasteiger partial charge in [0.05, 0.1) is 6.10 Å². The monoisotopic (exact) mass is 107 g/mol. The predicted molar refractivity (Wildman–Crippen MR) is 34.8 cm³/mol. The first-order valence-electron chi connectivity index (χ1n) is 3.07. The van der Waals surface area contributed by atoms with Crippen LogP contribution in [0, 0.1) is 0 Å². The second-order valence-corrected chi connectivity index (χ2v) is 2.29. The Kier molecular flexibility index (Phi) is 4.75. The molecule has 1 aliphatic rings. The molecule has 1 rings (SSSR count). The maximum Gasteiger partial charge on any atom is 0.0540 e. The van der Waals surface area contributed by atoms with Crippen molar-refractivity contribution in [1.82, 2.24) is 0 Å². The van der Waals surface area contributed by atoms with Crippen LogP contribution < -0.4 is 0 Å². The van der Waals surface area contributed by atoms with Crippen LogP contribution in [0.1, 0.15) is 32.1 Å². The first kappa shape index (κ1) is 8.56. The van der Waals surface area contributed by atoms with Crippen LogP contribution in [0.5, 0.6) is 0 Å². The molecule has 1 aliphatic carbocycles. The average molecular weight is 107 g/mol. The average Bonchev–Trinajstić information content (AvgIpc) is 1.69. The quantitative estimate of drug-likeness (QED) is 0.456. The summed E-state index contributed by atoms with van der Waals surface area (Å²) in [6.45, 7) is 0. The van der Waals surface area contributed by atoms with Crippen LogP contribution in [0.25, 0.3) is 0 Å². The molecule has 2 heteroatoms. The van der Waals surface area contributed by atoms with E-state index in [4.69, 9.17) is 5.11 Å². The fraction of sp³-hybridized carbons (Fsp3) is 1.00. The largest absolute Gasteiger partial charge is 0.393 e. The number of aliphatic hydroxyl groups excluding tert-OH is 1. The molecule has 0 heterocycles. The molecule has 43 valence electrons. The van der Waals surface area contributed by atoms with Crippen molar-refractivity contribution in [3.63, 3.8) is 0 Å². The van der Waals surface area contributed by atoms with E-state index in [1.807, 2.05) is 0 Å². The van der Waals surface area contributed by atoms with Gasteiger partial charge >= 0.3 is 0 Å². The minimum Gasteiger partial charge on any atom is -0.393 e. The molecule has 0 bridgehead atoms. The van der Waals surface area contributed by atoms with Crippen molar-refractivity contribution in [2.24, 2.45) is 0 Å². The van der Waals surface area contributed by atoms with Gasteiger partial charge in [-0.3, -0.25) is 0 Å². The van der Waals surface area contributed by atoms with Crippen LogP contribution in [0.15, 0.2) is 0 Å². The first-order valence-corrected chi connectivity index (χ1v) is 3.07. The van der Waals surface area contributed by atoms with Gasteiger partial charge < -0.3 is 5.11 Å². The van der Waals surface area contributed by atoms with Crippen molar-refractivity contribution in [2.45, 2.75) is 38.2 Å². The molecule has 0 aromatic rings. The minimum atomic E-state index is 0. The van der Waals surface area contributed by atoms with Gasteiger partial charge in [-0.25, -0.2) is 0 Å². The van der Waals surface area contributed by atoms with Crippen LogP contribution in [0.3, 0.4) is 0 Å². The van der Waals surface area contributed by atoms with Gasteiger partial charge in [-0.2, -0.15) is 0 Å². The third kappa shape index (κ3) is 2.77. The Morgan fingerprint density at radius 3 is 1.75 bits per heavy atom. The third-order valence-corrected chi connectivity index (χ3v) is 1.57. The van der Waals surface area contributed by atoms with Gasteiger partial charge in [0.15, 0.2) is 0 Å². The standard InChI is InChI=1S/C6H12O.Li/c7-6-4-2-1-3-5-6;/h6-7H,1-5H2;. The molecule has 0 aliphatic heterocycles. The van der Waals surface area contributed by atoms with Crippen LogP contribution in [-0.4, -0.2) is 30.1 Å². The molecule has 0 unspecified atom stereocenters.